The van der Waals surface area contributed by atoms with E-state index >= 15 is 0 Å². The molecule has 0 fully saturated rings. The second-order valence-electron chi connectivity index (χ2n) is 6.22. The van der Waals surface area contributed by atoms with Crippen LogP contribution in [0.2, 0.25) is 0 Å². The van der Waals surface area contributed by atoms with Gasteiger partial charge < -0.3 is 16.0 Å². The first-order chi connectivity index (χ1) is 13.2. The summed E-state index contributed by atoms with van der Waals surface area (Å²) in [7, 11) is 0. The molecule has 0 aliphatic rings. The molecular weight excluding hydrogens is 371 g/mol. The van der Waals surface area contributed by atoms with Crippen molar-refractivity contribution in [1.82, 2.24) is 16.0 Å². The van der Waals surface area contributed by atoms with E-state index in [1.54, 1.807) is 31.2 Å². The first-order valence-electron chi connectivity index (χ1n) is 8.79. The zero-order valence-electron chi connectivity index (χ0n) is 15.6. The van der Waals surface area contributed by atoms with E-state index in [0.29, 0.717) is 17.7 Å². The SMILES string of the molecule is CCNC(=O)c1ccc(CNC(=O)N[C@H](C)c2ccc(C(F)(F)F)cc2)cc1. The van der Waals surface area contributed by atoms with Crippen LogP contribution < -0.4 is 16.0 Å². The average Bonchev–Trinajstić information content (AvgIpc) is 2.66. The molecule has 0 saturated heterocycles. The summed E-state index contributed by atoms with van der Waals surface area (Å²) in [4.78, 5) is 23.7. The fourth-order valence-corrected chi connectivity index (χ4v) is 2.51. The Labute approximate surface area is 161 Å². The highest BCUT2D eigenvalue weighted by molar-refractivity contribution is 5.94. The molecule has 2 aromatic rings. The lowest BCUT2D eigenvalue weighted by Crippen LogP contribution is -2.36. The van der Waals surface area contributed by atoms with Crippen LogP contribution in [-0.4, -0.2) is 18.5 Å². The number of hydrogen-bond acceptors (Lipinski definition) is 2. The Balaban J connectivity index is 1.85. The van der Waals surface area contributed by atoms with Gasteiger partial charge >= 0.3 is 12.2 Å². The number of amides is 3. The van der Waals surface area contributed by atoms with Gasteiger partial charge in [0.2, 0.25) is 0 Å². The van der Waals surface area contributed by atoms with Crippen LogP contribution in [-0.2, 0) is 12.7 Å². The molecule has 1 atom stereocenters. The van der Waals surface area contributed by atoms with E-state index in [2.05, 4.69) is 16.0 Å². The molecule has 0 spiro atoms. The molecule has 8 heteroatoms. The van der Waals surface area contributed by atoms with E-state index in [4.69, 9.17) is 0 Å². The molecule has 0 aromatic heterocycles. The summed E-state index contributed by atoms with van der Waals surface area (Å²) in [5.41, 5.74) is 1.18. The van der Waals surface area contributed by atoms with E-state index in [1.807, 2.05) is 6.92 Å². The number of rotatable bonds is 6. The molecule has 3 amide bonds. The Morgan fingerprint density at radius 3 is 2.11 bits per heavy atom. The van der Waals surface area contributed by atoms with Crippen LogP contribution in [0.4, 0.5) is 18.0 Å². The second-order valence-corrected chi connectivity index (χ2v) is 6.22. The molecule has 0 unspecified atom stereocenters. The monoisotopic (exact) mass is 393 g/mol. The molecule has 2 aromatic carbocycles. The fourth-order valence-electron chi connectivity index (χ4n) is 2.51. The van der Waals surface area contributed by atoms with E-state index in [9.17, 15) is 22.8 Å². The predicted octanol–water partition coefficient (Wildman–Crippen LogP) is 4.02. The van der Waals surface area contributed by atoms with Crippen molar-refractivity contribution in [1.29, 1.82) is 0 Å². The minimum absolute atomic E-state index is 0.162. The van der Waals surface area contributed by atoms with Gasteiger partial charge in [-0.3, -0.25) is 4.79 Å². The summed E-state index contributed by atoms with van der Waals surface area (Å²) in [6, 6.07) is 10.6. The van der Waals surface area contributed by atoms with Gasteiger partial charge in [-0.05, 0) is 49.2 Å². The second kappa shape index (κ2) is 9.25. The van der Waals surface area contributed by atoms with Gasteiger partial charge in [0.15, 0.2) is 0 Å². The number of benzene rings is 2. The highest BCUT2D eigenvalue weighted by atomic mass is 19.4. The molecule has 0 heterocycles. The number of nitrogens with one attached hydrogen (secondary N) is 3. The predicted molar refractivity (Wildman–Crippen MR) is 99.7 cm³/mol. The summed E-state index contributed by atoms with van der Waals surface area (Å²) >= 11 is 0. The maximum absolute atomic E-state index is 12.6. The number of alkyl halides is 3. The Hall–Kier alpha value is -3.03. The third-order valence-corrected chi connectivity index (χ3v) is 4.09. The van der Waals surface area contributed by atoms with Crippen molar-refractivity contribution < 1.29 is 22.8 Å². The lowest BCUT2D eigenvalue weighted by atomic mass is 10.1. The Bertz CT molecular complexity index is 803. The van der Waals surface area contributed by atoms with Gasteiger partial charge in [-0.1, -0.05) is 24.3 Å². The molecule has 3 N–H and O–H groups in total. The van der Waals surface area contributed by atoms with Crippen molar-refractivity contribution in [3.63, 3.8) is 0 Å². The van der Waals surface area contributed by atoms with E-state index in [-0.39, 0.29) is 12.5 Å². The third-order valence-electron chi connectivity index (χ3n) is 4.09. The van der Waals surface area contributed by atoms with Crippen molar-refractivity contribution in [2.45, 2.75) is 32.6 Å². The molecule has 2 rings (SSSR count). The molecule has 0 bridgehead atoms. The molecule has 28 heavy (non-hydrogen) atoms. The van der Waals surface area contributed by atoms with Crippen LogP contribution in [0, 0.1) is 0 Å². The normalized spacial score (nSPS) is 12.2. The first kappa shape index (κ1) is 21.3. The summed E-state index contributed by atoms with van der Waals surface area (Å²) in [6.45, 7) is 4.31. The summed E-state index contributed by atoms with van der Waals surface area (Å²) in [5.74, 6) is -0.162. The topological polar surface area (TPSA) is 70.2 Å². The van der Waals surface area contributed by atoms with Gasteiger partial charge in [0.25, 0.3) is 5.91 Å². The standard InChI is InChI=1S/C20H22F3N3O2/c1-3-24-18(27)16-6-4-14(5-7-16)12-25-19(28)26-13(2)15-8-10-17(11-9-15)20(21,22)23/h4-11,13H,3,12H2,1-2H3,(H,24,27)(H2,25,26,28)/t13-/m1/s1. The smallest absolute Gasteiger partial charge is 0.352 e. The summed E-state index contributed by atoms with van der Waals surface area (Å²) in [5, 5.41) is 8.05. The minimum Gasteiger partial charge on any atom is -0.352 e. The van der Waals surface area contributed by atoms with Crippen LogP contribution in [0.25, 0.3) is 0 Å². The molecule has 5 nitrogen and oxygen atoms in total. The number of halogens is 3. The fraction of sp³-hybridized carbons (Fsp3) is 0.300. The Kier molecular flexibility index (Phi) is 7.03. The van der Waals surface area contributed by atoms with Crippen LogP contribution >= 0.6 is 0 Å². The zero-order chi connectivity index (χ0) is 20.7. The van der Waals surface area contributed by atoms with Gasteiger partial charge in [-0.15, -0.1) is 0 Å². The molecule has 0 aliphatic carbocycles. The molecular formula is C20H22F3N3O2. The van der Waals surface area contributed by atoms with Crippen molar-refractivity contribution >= 4 is 11.9 Å². The molecule has 0 radical (unpaired) electrons. The average molecular weight is 393 g/mol. The minimum atomic E-state index is -4.39. The molecule has 150 valence electrons. The van der Waals surface area contributed by atoms with Crippen LogP contribution in [0.5, 0.6) is 0 Å². The summed E-state index contributed by atoms with van der Waals surface area (Å²) < 4.78 is 37.8. The Morgan fingerprint density at radius 2 is 1.57 bits per heavy atom. The zero-order valence-corrected chi connectivity index (χ0v) is 15.6. The van der Waals surface area contributed by atoms with Gasteiger partial charge in [-0.25, -0.2) is 4.79 Å². The van der Waals surface area contributed by atoms with Gasteiger partial charge in [0, 0.05) is 18.7 Å². The van der Waals surface area contributed by atoms with Gasteiger partial charge in [0.1, 0.15) is 0 Å². The number of hydrogen-bond donors (Lipinski definition) is 3. The van der Waals surface area contributed by atoms with Gasteiger partial charge in [0.05, 0.1) is 11.6 Å². The number of carbonyl (C=O) groups is 2. The van der Waals surface area contributed by atoms with Crippen molar-refractivity contribution in [3.8, 4) is 0 Å². The number of carbonyl (C=O) groups excluding carboxylic acids is 2. The third kappa shape index (κ3) is 6.00. The van der Waals surface area contributed by atoms with Crippen molar-refractivity contribution in [2.75, 3.05) is 6.54 Å². The first-order valence-corrected chi connectivity index (χ1v) is 8.79. The van der Waals surface area contributed by atoms with Crippen molar-refractivity contribution in [3.05, 3.63) is 70.8 Å². The summed E-state index contributed by atoms with van der Waals surface area (Å²) in [6.07, 6.45) is -4.39. The van der Waals surface area contributed by atoms with Crippen molar-refractivity contribution in [2.24, 2.45) is 0 Å². The van der Waals surface area contributed by atoms with Crippen LogP contribution in [0.15, 0.2) is 48.5 Å². The lowest BCUT2D eigenvalue weighted by molar-refractivity contribution is -0.137. The molecule has 0 saturated carbocycles. The quantitative estimate of drug-likeness (QED) is 0.694. The maximum Gasteiger partial charge on any atom is 0.416 e. The maximum atomic E-state index is 12.6. The highest BCUT2D eigenvalue weighted by Gasteiger charge is 2.30. The Morgan fingerprint density at radius 1 is 0.964 bits per heavy atom. The highest BCUT2D eigenvalue weighted by Crippen LogP contribution is 2.29. The van der Waals surface area contributed by atoms with Gasteiger partial charge in [-0.2, -0.15) is 13.2 Å². The number of urea groups is 1. The lowest BCUT2D eigenvalue weighted by Gasteiger charge is -2.16. The van der Waals surface area contributed by atoms with E-state index in [1.165, 1.54) is 12.1 Å². The van der Waals surface area contributed by atoms with Crippen LogP contribution in [0.1, 0.15) is 46.9 Å². The van der Waals surface area contributed by atoms with Crippen LogP contribution in [0.3, 0.4) is 0 Å². The molecule has 0 aliphatic heterocycles. The van der Waals surface area contributed by atoms with E-state index < -0.39 is 23.8 Å². The largest absolute Gasteiger partial charge is 0.416 e. The van der Waals surface area contributed by atoms with E-state index in [0.717, 1.165) is 17.7 Å².